The number of hydrogen-bond donors (Lipinski definition) is 2. The third-order valence-corrected chi connectivity index (χ3v) is 4.15. The lowest BCUT2D eigenvalue weighted by Crippen LogP contribution is -2.53. The first-order valence-corrected chi connectivity index (χ1v) is 5.49. The number of fused-ring (bicyclic) bond motifs is 2. The summed E-state index contributed by atoms with van der Waals surface area (Å²) in [7, 11) is 0. The fourth-order valence-electron chi connectivity index (χ4n) is 3.38. The zero-order chi connectivity index (χ0) is 11.3. The Morgan fingerprint density at radius 1 is 1.27 bits per heavy atom. The van der Waals surface area contributed by atoms with Gasteiger partial charge in [0.05, 0.1) is 11.2 Å². The highest BCUT2D eigenvalue weighted by Crippen LogP contribution is 2.57. The Morgan fingerprint density at radius 2 is 1.93 bits per heavy atom. The molecule has 4 nitrogen and oxygen atoms in total. The maximum Gasteiger partial charge on any atom is 0.0684 e. The van der Waals surface area contributed by atoms with Gasteiger partial charge in [0.1, 0.15) is 0 Å². The molecule has 3 atom stereocenters. The van der Waals surface area contributed by atoms with Crippen LogP contribution in [0.3, 0.4) is 0 Å². The molecule has 0 aromatic heterocycles. The fourth-order valence-corrected chi connectivity index (χ4v) is 3.38. The standard InChI is InChI=1S/C11H18O4/c1-2-10(14)5-9(8(12)13)3-4-11(15,6-9)7-10/h14-15H,2-7H2,1H3,(H,12,13)/p-1. The molecular formula is C11H17O4-. The van der Waals surface area contributed by atoms with Gasteiger partial charge in [0, 0.05) is 17.8 Å². The summed E-state index contributed by atoms with van der Waals surface area (Å²) in [4.78, 5) is 11.1. The fraction of sp³-hybridized carbons (Fsp3) is 0.909. The molecule has 2 bridgehead atoms. The molecule has 2 N–H and O–H groups in total. The average Bonchev–Trinajstić information content (AvgIpc) is 2.39. The molecule has 0 radical (unpaired) electrons. The lowest BCUT2D eigenvalue weighted by atomic mass is 9.66. The molecule has 2 saturated carbocycles. The number of carbonyl (C=O) groups is 1. The third-order valence-electron chi connectivity index (χ3n) is 4.15. The highest BCUT2D eigenvalue weighted by Gasteiger charge is 2.58. The average molecular weight is 213 g/mol. The van der Waals surface area contributed by atoms with E-state index in [-0.39, 0.29) is 12.8 Å². The number of carboxylic acid groups (broad SMARTS) is 1. The summed E-state index contributed by atoms with van der Waals surface area (Å²) in [5.74, 6) is -1.12. The van der Waals surface area contributed by atoms with Crippen molar-refractivity contribution in [3.05, 3.63) is 0 Å². The predicted molar refractivity (Wildman–Crippen MR) is 50.7 cm³/mol. The lowest BCUT2D eigenvalue weighted by Gasteiger charge is -2.46. The summed E-state index contributed by atoms with van der Waals surface area (Å²) in [5.41, 5.74) is -3.04. The van der Waals surface area contributed by atoms with E-state index in [1.165, 1.54) is 0 Å². The van der Waals surface area contributed by atoms with Crippen LogP contribution in [0.2, 0.25) is 0 Å². The van der Waals surface area contributed by atoms with Crippen molar-refractivity contribution in [2.75, 3.05) is 0 Å². The summed E-state index contributed by atoms with van der Waals surface area (Å²) < 4.78 is 0. The first kappa shape index (κ1) is 10.9. The zero-order valence-electron chi connectivity index (χ0n) is 8.95. The number of aliphatic hydroxyl groups is 2. The Kier molecular flexibility index (Phi) is 2.14. The van der Waals surface area contributed by atoms with Crippen molar-refractivity contribution in [2.45, 2.75) is 56.7 Å². The second kappa shape index (κ2) is 2.95. The van der Waals surface area contributed by atoms with Crippen LogP contribution in [0.1, 0.15) is 45.4 Å². The molecule has 0 spiro atoms. The molecule has 15 heavy (non-hydrogen) atoms. The van der Waals surface area contributed by atoms with E-state index >= 15 is 0 Å². The van der Waals surface area contributed by atoms with Crippen LogP contribution in [0.15, 0.2) is 0 Å². The number of aliphatic carboxylic acids is 1. The van der Waals surface area contributed by atoms with Crippen LogP contribution in [-0.4, -0.2) is 27.4 Å². The molecule has 4 heteroatoms. The highest BCUT2D eigenvalue weighted by molar-refractivity contribution is 5.73. The molecular weight excluding hydrogens is 196 g/mol. The number of rotatable bonds is 2. The van der Waals surface area contributed by atoms with Crippen LogP contribution in [0, 0.1) is 5.41 Å². The highest BCUT2D eigenvalue weighted by atomic mass is 16.4. The van der Waals surface area contributed by atoms with E-state index in [1.807, 2.05) is 6.92 Å². The quantitative estimate of drug-likeness (QED) is 0.652. The van der Waals surface area contributed by atoms with E-state index in [4.69, 9.17) is 0 Å². The smallest absolute Gasteiger partial charge is 0.0684 e. The Morgan fingerprint density at radius 3 is 2.47 bits per heavy atom. The summed E-state index contributed by atoms with van der Waals surface area (Å²) >= 11 is 0. The molecule has 0 heterocycles. The van der Waals surface area contributed by atoms with Crippen molar-refractivity contribution in [2.24, 2.45) is 5.41 Å². The van der Waals surface area contributed by atoms with E-state index in [0.29, 0.717) is 25.7 Å². The van der Waals surface area contributed by atoms with Gasteiger partial charge in [0.25, 0.3) is 0 Å². The van der Waals surface area contributed by atoms with Gasteiger partial charge in [0.15, 0.2) is 0 Å². The number of hydrogen-bond acceptors (Lipinski definition) is 4. The minimum absolute atomic E-state index is 0.223. The van der Waals surface area contributed by atoms with Gasteiger partial charge in [-0.1, -0.05) is 6.92 Å². The van der Waals surface area contributed by atoms with Crippen molar-refractivity contribution in [3.8, 4) is 0 Å². The first-order valence-electron chi connectivity index (χ1n) is 5.49. The molecule has 0 aromatic carbocycles. The van der Waals surface area contributed by atoms with Gasteiger partial charge in [-0.25, -0.2) is 0 Å². The molecule has 2 fully saturated rings. The largest absolute Gasteiger partial charge is 0.550 e. The first-order chi connectivity index (χ1) is 6.83. The lowest BCUT2D eigenvalue weighted by molar-refractivity contribution is -0.324. The van der Waals surface area contributed by atoms with Crippen molar-refractivity contribution in [1.29, 1.82) is 0 Å². The van der Waals surface area contributed by atoms with Gasteiger partial charge >= 0.3 is 0 Å². The summed E-state index contributed by atoms with van der Waals surface area (Å²) in [6.07, 6.45) is 2.12. The third kappa shape index (κ3) is 1.56. The van der Waals surface area contributed by atoms with Crippen LogP contribution < -0.4 is 5.11 Å². The molecule has 2 rings (SSSR count). The number of carbonyl (C=O) groups excluding carboxylic acids is 1. The van der Waals surface area contributed by atoms with Crippen LogP contribution in [-0.2, 0) is 4.79 Å². The molecule has 0 amide bonds. The van der Waals surface area contributed by atoms with Gasteiger partial charge in [-0.15, -0.1) is 0 Å². The van der Waals surface area contributed by atoms with Crippen molar-refractivity contribution >= 4 is 5.97 Å². The van der Waals surface area contributed by atoms with Gasteiger partial charge < -0.3 is 20.1 Å². The topological polar surface area (TPSA) is 80.6 Å². The maximum atomic E-state index is 11.1. The second-order valence-corrected chi connectivity index (χ2v) is 5.40. The van der Waals surface area contributed by atoms with E-state index in [2.05, 4.69) is 0 Å². The van der Waals surface area contributed by atoms with Gasteiger partial charge in [-0.3, -0.25) is 0 Å². The minimum atomic E-state index is -1.12. The van der Waals surface area contributed by atoms with Crippen LogP contribution in [0.5, 0.6) is 0 Å². The van der Waals surface area contributed by atoms with E-state index in [9.17, 15) is 20.1 Å². The Hall–Kier alpha value is -0.610. The second-order valence-electron chi connectivity index (χ2n) is 5.40. The van der Waals surface area contributed by atoms with Crippen molar-refractivity contribution < 1.29 is 20.1 Å². The zero-order valence-corrected chi connectivity index (χ0v) is 8.95. The van der Waals surface area contributed by atoms with E-state index in [0.717, 1.165) is 0 Å². The van der Waals surface area contributed by atoms with Crippen LogP contribution in [0.4, 0.5) is 0 Å². The summed E-state index contributed by atoms with van der Waals surface area (Å²) in [5, 5.41) is 31.5. The predicted octanol–water partition coefficient (Wildman–Crippen LogP) is -0.427. The Bertz CT molecular complexity index is 303. The van der Waals surface area contributed by atoms with Crippen molar-refractivity contribution in [3.63, 3.8) is 0 Å². The molecule has 0 aliphatic heterocycles. The normalized spacial score (nSPS) is 49.3. The molecule has 2 aliphatic rings. The van der Waals surface area contributed by atoms with Crippen molar-refractivity contribution in [1.82, 2.24) is 0 Å². The SMILES string of the molecule is CCC1(O)CC2(O)CCC(C(=O)[O-])(C1)C2. The molecule has 0 aromatic rings. The maximum absolute atomic E-state index is 11.1. The van der Waals surface area contributed by atoms with Gasteiger partial charge in [-0.05, 0) is 32.1 Å². The molecule has 2 aliphatic carbocycles. The molecule has 86 valence electrons. The van der Waals surface area contributed by atoms with Gasteiger partial charge in [-0.2, -0.15) is 0 Å². The Labute approximate surface area is 88.9 Å². The molecule has 3 unspecified atom stereocenters. The van der Waals surface area contributed by atoms with E-state index < -0.39 is 22.6 Å². The minimum Gasteiger partial charge on any atom is -0.550 e. The summed E-state index contributed by atoms with van der Waals surface area (Å²) in [6, 6.07) is 0. The van der Waals surface area contributed by atoms with Crippen LogP contribution >= 0.6 is 0 Å². The summed E-state index contributed by atoms with van der Waals surface area (Å²) in [6.45, 7) is 1.82. The number of carboxylic acids is 1. The Balaban J connectivity index is 2.34. The van der Waals surface area contributed by atoms with E-state index in [1.54, 1.807) is 0 Å². The monoisotopic (exact) mass is 213 g/mol. The van der Waals surface area contributed by atoms with Gasteiger partial charge in [0.2, 0.25) is 0 Å². The molecule has 0 saturated heterocycles. The van der Waals surface area contributed by atoms with Crippen LogP contribution in [0.25, 0.3) is 0 Å².